The fourth-order valence-electron chi connectivity index (χ4n) is 3.26. The zero-order chi connectivity index (χ0) is 20.3. The quantitative estimate of drug-likeness (QED) is 0.625. The van der Waals surface area contributed by atoms with Gasteiger partial charge >= 0.3 is 0 Å². The summed E-state index contributed by atoms with van der Waals surface area (Å²) in [7, 11) is -1.91. The Kier molecular flexibility index (Phi) is 6.17. The molecule has 7 heteroatoms. The van der Waals surface area contributed by atoms with Gasteiger partial charge in [0, 0.05) is 23.9 Å². The molecule has 2 aromatic carbocycles. The molecule has 0 aliphatic rings. The molecule has 148 valence electrons. The number of thiazole rings is 1. The van der Waals surface area contributed by atoms with Crippen LogP contribution in [0.3, 0.4) is 0 Å². The number of aromatic nitrogens is 1. The van der Waals surface area contributed by atoms with Crippen molar-refractivity contribution in [2.24, 2.45) is 0 Å². The molecule has 3 rings (SSSR count). The standard InChI is InChI=1S/C21H24N2O3S2/c1-14-11-15(2)20(16(3)12-14)28(24,25)22-10-9-18-13-27-21(23-18)17-5-7-19(26-4)8-6-17/h5-8,11-13,22H,9-10H2,1-4H3. The highest BCUT2D eigenvalue weighted by Gasteiger charge is 2.19. The van der Waals surface area contributed by atoms with E-state index in [4.69, 9.17) is 4.74 Å². The highest BCUT2D eigenvalue weighted by molar-refractivity contribution is 7.89. The Balaban J connectivity index is 1.66. The highest BCUT2D eigenvalue weighted by atomic mass is 32.2. The van der Waals surface area contributed by atoms with Crippen LogP contribution in [0.1, 0.15) is 22.4 Å². The molecular weight excluding hydrogens is 392 g/mol. The molecular formula is C21H24N2O3S2. The molecule has 1 heterocycles. The van der Waals surface area contributed by atoms with Crippen LogP contribution in [-0.4, -0.2) is 27.1 Å². The molecule has 28 heavy (non-hydrogen) atoms. The zero-order valence-electron chi connectivity index (χ0n) is 16.4. The average Bonchev–Trinajstić information content (AvgIpc) is 3.09. The molecule has 0 aliphatic carbocycles. The fourth-order valence-corrected chi connectivity index (χ4v) is 5.61. The Morgan fingerprint density at radius 1 is 1.07 bits per heavy atom. The van der Waals surface area contributed by atoms with Gasteiger partial charge in [0.25, 0.3) is 0 Å². The lowest BCUT2D eigenvalue weighted by Crippen LogP contribution is -2.27. The third-order valence-electron chi connectivity index (χ3n) is 4.44. The van der Waals surface area contributed by atoms with Crippen LogP contribution in [0.4, 0.5) is 0 Å². The minimum atomic E-state index is -3.55. The Labute approximate surface area is 170 Å². The van der Waals surface area contributed by atoms with Gasteiger partial charge in [-0.3, -0.25) is 0 Å². The van der Waals surface area contributed by atoms with E-state index in [1.165, 1.54) is 0 Å². The largest absolute Gasteiger partial charge is 0.497 e. The topological polar surface area (TPSA) is 68.3 Å². The first-order valence-electron chi connectivity index (χ1n) is 8.96. The number of rotatable bonds is 7. The van der Waals surface area contributed by atoms with E-state index in [1.807, 2.05) is 62.5 Å². The number of hydrogen-bond donors (Lipinski definition) is 1. The van der Waals surface area contributed by atoms with Gasteiger partial charge in [0.1, 0.15) is 10.8 Å². The normalized spacial score (nSPS) is 11.6. The van der Waals surface area contributed by atoms with Gasteiger partial charge in [-0.05, 0) is 56.2 Å². The van der Waals surface area contributed by atoms with Crippen LogP contribution in [0.25, 0.3) is 10.6 Å². The molecule has 0 bridgehead atoms. The van der Waals surface area contributed by atoms with E-state index in [-0.39, 0.29) is 0 Å². The SMILES string of the molecule is COc1ccc(-c2nc(CCNS(=O)(=O)c3c(C)cc(C)cc3C)cs2)cc1. The predicted octanol–water partition coefficient (Wildman–Crippen LogP) is 4.26. The number of nitrogens with zero attached hydrogens (tertiary/aromatic N) is 1. The number of ether oxygens (including phenoxy) is 1. The molecule has 0 saturated carbocycles. The number of hydrogen-bond acceptors (Lipinski definition) is 5. The van der Waals surface area contributed by atoms with E-state index in [9.17, 15) is 8.42 Å². The van der Waals surface area contributed by atoms with Crippen molar-refractivity contribution in [3.63, 3.8) is 0 Å². The van der Waals surface area contributed by atoms with Crippen molar-refractivity contribution in [1.82, 2.24) is 9.71 Å². The first-order valence-corrected chi connectivity index (χ1v) is 11.3. The molecule has 3 aromatic rings. The smallest absolute Gasteiger partial charge is 0.241 e. The lowest BCUT2D eigenvalue weighted by atomic mass is 10.1. The molecule has 5 nitrogen and oxygen atoms in total. The Morgan fingerprint density at radius 2 is 1.71 bits per heavy atom. The summed E-state index contributed by atoms with van der Waals surface area (Å²) in [4.78, 5) is 4.99. The van der Waals surface area contributed by atoms with Crippen LogP contribution in [0.2, 0.25) is 0 Å². The van der Waals surface area contributed by atoms with Crippen LogP contribution in [0, 0.1) is 20.8 Å². The van der Waals surface area contributed by atoms with Gasteiger partial charge < -0.3 is 4.74 Å². The van der Waals surface area contributed by atoms with Crippen LogP contribution in [0.15, 0.2) is 46.7 Å². The van der Waals surface area contributed by atoms with Gasteiger partial charge in [0.05, 0.1) is 17.7 Å². The third-order valence-corrected chi connectivity index (χ3v) is 7.14. The maximum atomic E-state index is 12.7. The van der Waals surface area contributed by atoms with E-state index >= 15 is 0 Å². The summed E-state index contributed by atoms with van der Waals surface area (Å²) < 4.78 is 33.3. The number of benzene rings is 2. The maximum absolute atomic E-state index is 12.7. The van der Waals surface area contributed by atoms with Gasteiger partial charge in [-0.1, -0.05) is 17.7 Å². The molecule has 0 amide bonds. The van der Waals surface area contributed by atoms with Gasteiger partial charge in [-0.2, -0.15) is 0 Å². The molecule has 0 radical (unpaired) electrons. The zero-order valence-corrected chi connectivity index (χ0v) is 18.1. The molecule has 0 unspecified atom stereocenters. The lowest BCUT2D eigenvalue weighted by molar-refractivity contribution is 0.415. The summed E-state index contributed by atoms with van der Waals surface area (Å²) in [6.07, 6.45) is 0.538. The first kappa shape index (κ1) is 20.5. The number of aryl methyl sites for hydroxylation is 3. The molecule has 0 fully saturated rings. The Bertz CT molecular complexity index is 1050. The highest BCUT2D eigenvalue weighted by Crippen LogP contribution is 2.26. The lowest BCUT2D eigenvalue weighted by Gasteiger charge is -2.12. The van der Waals surface area contributed by atoms with Crippen LogP contribution < -0.4 is 9.46 Å². The maximum Gasteiger partial charge on any atom is 0.241 e. The van der Waals surface area contributed by atoms with Crippen LogP contribution in [0.5, 0.6) is 5.75 Å². The summed E-state index contributed by atoms with van der Waals surface area (Å²) in [5.74, 6) is 0.802. The second kappa shape index (κ2) is 8.43. The van der Waals surface area contributed by atoms with Crippen molar-refractivity contribution in [3.05, 3.63) is 64.2 Å². The van der Waals surface area contributed by atoms with E-state index in [0.29, 0.717) is 17.9 Å². The summed E-state index contributed by atoms with van der Waals surface area (Å²) in [6, 6.07) is 11.5. The van der Waals surface area contributed by atoms with Crippen LogP contribution >= 0.6 is 11.3 Å². The van der Waals surface area contributed by atoms with Gasteiger partial charge in [0.2, 0.25) is 10.0 Å². The third kappa shape index (κ3) is 4.60. The Morgan fingerprint density at radius 3 is 2.32 bits per heavy atom. The minimum Gasteiger partial charge on any atom is -0.497 e. The number of sulfonamides is 1. The summed E-state index contributed by atoms with van der Waals surface area (Å²) in [5, 5.41) is 2.88. The van der Waals surface area contributed by atoms with Crippen molar-refractivity contribution in [2.45, 2.75) is 32.1 Å². The molecule has 0 aliphatic heterocycles. The van der Waals surface area contributed by atoms with Crippen molar-refractivity contribution < 1.29 is 13.2 Å². The van der Waals surface area contributed by atoms with Crippen molar-refractivity contribution in [1.29, 1.82) is 0 Å². The molecule has 1 N–H and O–H groups in total. The molecule has 0 saturated heterocycles. The second-order valence-electron chi connectivity index (χ2n) is 6.75. The van der Waals surface area contributed by atoms with E-state index < -0.39 is 10.0 Å². The summed E-state index contributed by atoms with van der Waals surface area (Å²) in [6.45, 7) is 5.93. The average molecular weight is 417 g/mol. The first-order chi connectivity index (χ1) is 13.3. The fraction of sp³-hybridized carbons (Fsp3) is 0.286. The van der Waals surface area contributed by atoms with Crippen LogP contribution in [-0.2, 0) is 16.4 Å². The predicted molar refractivity (Wildman–Crippen MR) is 114 cm³/mol. The molecule has 0 atom stereocenters. The Hall–Kier alpha value is -2.22. The number of methoxy groups -OCH3 is 1. The van der Waals surface area contributed by atoms with Gasteiger partial charge in [-0.25, -0.2) is 18.1 Å². The van der Waals surface area contributed by atoms with Crippen molar-refractivity contribution >= 4 is 21.4 Å². The van der Waals surface area contributed by atoms with Gasteiger partial charge in [-0.15, -0.1) is 11.3 Å². The monoisotopic (exact) mass is 416 g/mol. The van der Waals surface area contributed by atoms with Crippen molar-refractivity contribution in [2.75, 3.05) is 13.7 Å². The molecule has 1 aromatic heterocycles. The van der Waals surface area contributed by atoms with E-state index in [1.54, 1.807) is 18.4 Å². The summed E-state index contributed by atoms with van der Waals surface area (Å²) in [5.41, 5.74) is 4.47. The second-order valence-corrected chi connectivity index (χ2v) is 9.31. The molecule has 0 spiro atoms. The van der Waals surface area contributed by atoms with E-state index in [0.717, 1.165) is 38.7 Å². The summed E-state index contributed by atoms with van der Waals surface area (Å²) >= 11 is 1.55. The van der Waals surface area contributed by atoms with E-state index in [2.05, 4.69) is 9.71 Å². The minimum absolute atomic E-state index is 0.306. The van der Waals surface area contributed by atoms with Crippen molar-refractivity contribution in [3.8, 4) is 16.3 Å². The number of nitrogens with one attached hydrogen (secondary N) is 1. The van der Waals surface area contributed by atoms with Gasteiger partial charge in [0.15, 0.2) is 0 Å².